The van der Waals surface area contributed by atoms with Crippen LogP contribution in [0.15, 0.2) is 137 Å². The number of benzene rings is 5. The Morgan fingerprint density at radius 1 is 0.667 bits per heavy atom. The molecule has 1 unspecified atom stereocenters. The van der Waals surface area contributed by atoms with Gasteiger partial charge in [0.05, 0.1) is 15.5 Å². The highest BCUT2D eigenvalue weighted by molar-refractivity contribution is 7.88. The average molecular weight is 748 g/mol. The molecule has 1 aliphatic carbocycles. The van der Waals surface area contributed by atoms with Gasteiger partial charge in [-0.3, -0.25) is 18.7 Å². The van der Waals surface area contributed by atoms with Gasteiger partial charge in [0.1, 0.15) is 5.54 Å². The van der Waals surface area contributed by atoms with Crippen molar-refractivity contribution in [3.63, 3.8) is 0 Å². The first-order valence-electron chi connectivity index (χ1n) is 15.1. The molecule has 0 saturated carbocycles. The van der Waals surface area contributed by atoms with E-state index in [-0.39, 0.29) is 26.7 Å². The third-order valence-electron chi connectivity index (χ3n) is 8.18. The number of nitrogens with one attached hydrogen (secondary N) is 3. The van der Waals surface area contributed by atoms with E-state index < -0.39 is 59.8 Å². The lowest BCUT2D eigenvalue weighted by molar-refractivity contribution is -0.120. The zero-order valence-corrected chi connectivity index (χ0v) is 28.8. The lowest BCUT2D eigenvalue weighted by Gasteiger charge is -2.33. The van der Waals surface area contributed by atoms with Gasteiger partial charge in [-0.2, -0.15) is 21.6 Å². The summed E-state index contributed by atoms with van der Waals surface area (Å²) in [4.78, 5) is 27.3. The Labute approximate surface area is 293 Å². The van der Waals surface area contributed by atoms with E-state index in [1.807, 2.05) is 0 Å². The molecule has 1 atom stereocenters. The standard InChI is InChI=1S/C35H29N3O10S3/c39-33(36-31-12-4-9-24-19-27(50(43,44)45)14-16-29(24)31)26-11-6-18-35(21-26,38-49(41,42)22-23-7-2-1-3-8-23)34(40)37-32-13-5-10-25-20-28(51(46,47)48)15-17-30(25)32/h1-20,38H,21-22H2,(H,36,39)(H,37,40)(H,43,44,45)(H,46,47,48). The third kappa shape index (κ3) is 7.91. The van der Waals surface area contributed by atoms with Gasteiger partial charge in [0.2, 0.25) is 15.9 Å². The second kappa shape index (κ2) is 13.5. The third-order valence-corrected chi connectivity index (χ3v) is 11.3. The Morgan fingerprint density at radius 3 is 1.76 bits per heavy atom. The molecule has 0 heterocycles. The van der Waals surface area contributed by atoms with Gasteiger partial charge in [-0.1, -0.05) is 85.0 Å². The molecule has 0 radical (unpaired) electrons. The van der Waals surface area contributed by atoms with Gasteiger partial charge in [-0.05, 0) is 52.7 Å². The van der Waals surface area contributed by atoms with Crippen LogP contribution in [-0.2, 0) is 45.6 Å². The van der Waals surface area contributed by atoms with Crippen LogP contribution in [0.25, 0.3) is 21.5 Å². The fraction of sp³-hybridized carbons (Fsp3) is 0.0857. The molecule has 0 aliphatic heterocycles. The number of amides is 2. The molecule has 2 amide bonds. The van der Waals surface area contributed by atoms with Crippen molar-refractivity contribution in [3.05, 3.63) is 132 Å². The molecule has 262 valence electrons. The lowest BCUT2D eigenvalue weighted by Crippen LogP contribution is -2.56. The highest BCUT2D eigenvalue weighted by Gasteiger charge is 2.43. The number of rotatable bonds is 10. The van der Waals surface area contributed by atoms with Crippen LogP contribution in [-0.4, -0.2) is 51.7 Å². The largest absolute Gasteiger partial charge is 0.324 e. The molecule has 0 saturated heterocycles. The minimum Gasteiger partial charge on any atom is -0.324 e. The Morgan fingerprint density at radius 2 is 1.22 bits per heavy atom. The maximum absolute atomic E-state index is 14.3. The second-order valence-corrected chi connectivity index (χ2v) is 16.3. The maximum Gasteiger partial charge on any atom is 0.294 e. The van der Waals surface area contributed by atoms with E-state index in [1.54, 1.807) is 54.6 Å². The number of fused-ring (bicyclic) bond motifs is 2. The van der Waals surface area contributed by atoms with E-state index in [9.17, 15) is 43.9 Å². The van der Waals surface area contributed by atoms with Crippen LogP contribution in [0.3, 0.4) is 0 Å². The summed E-state index contributed by atoms with van der Waals surface area (Å²) >= 11 is 0. The number of allylic oxidation sites excluding steroid dienone is 2. The van der Waals surface area contributed by atoms with Crippen LogP contribution in [0, 0.1) is 0 Å². The van der Waals surface area contributed by atoms with Crippen LogP contribution < -0.4 is 15.4 Å². The summed E-state index contributed by atoms with van der Waals surface area (Å²) in [6.07, 6.45) is 3.72. The maximum atomic E-state index is 14.3. The molecule has 0 spiro atoms. The quantitative estimate of drug-likeness (QED) is 0.123. The highest BCUT2D eigenvalue weighted by atomic mass is 32.2. The molecule has 16 heteroatoms. The van der Waals surface area contributed by atoms with E-state index in [2.05, 4.69) is 15.4 Å². The normalized spacial score (nSPS) is 16.5. The van der Waals surface area contributed by atoms with Crippen molar-refractivity contribution in [3.8, 4) is 0 Å². The van der Waals surface area contributed by atoms with E-state index >= 15 is 0 Å². The molecular weight excluding hydrogens is 719 g/mol. The van der Waals surface area contributed by atoms with Crippen molar-refractivity contribution < 1.29 is 43.9 Å². The predicted octanol–water partition coefficient (Wildman–Crippen LogP) is 4.81. The average Bonchev–Trinajstić information content (AvgIpc) is 3.07. The Hall–Kier alpha value is -5.23. The number of hydrogen-bond donors (Lipinski definition) is 5. The number of sulfonamides is 1. The number of anilines is 2. The monoisotopic (exact) mass is 747 g/mol. The van der Waals surface area contributed by atoms with E-state index in [0.29, 0.717) is 27.1 Å². The van der Waals surface area contributed by atoms with Gasteiger partial charge in [0.25, 0.3) is 26.1 Å². The van der Waals surface area contributed by atoms with Crippen molar-refractivity contribution in [2.24, 2.45) is 0 Å². The van der Waals surface area contributed by atoms with E-state index in [0.717, 1.165) is 6.07 Å². The van der Waals surface area contributed by atoms with Crippen molar-refractivity contribution in [2.75, 3.05) is 10.6 Å². The topological polar surface area (TPSA) is 213 Å². The van der Waals surface area contributed by atoms with Crippen LogP contribution in [0.5, 0.6) is 0 Å². The minimum atomic E-state index is -4.51. The number of carbonyl (C=O) groups excluding carboxylic acids is 2. The molecule has 0 fully saturated rings. The van der Waals surface area contributed by atoms with Crippen molar-refractivity contribution in [1.82, 2.24) is 4.72 Å². The summed E-state index contributed by atoms with van der Waals surface area (Å²) < 4.78 is 95.4. The van der Waals surface area contributed by atoms with Crippen LogP contribution in [0.4, 0.5) is 11.4 Å². The molecule has 0 aromatic heterocycles. The number of hydrogen-bond acceptors (Lipinski definition) is 8. The van der Waals surface area contributed by atoms with Crippen LogP contribution in [0.1, 0.15) is 12.0 Å². The minimum absolute atomic E-state index is 0.0253. The predicted molar refractivity (Wildman–Crippen MR) is 192 cm³/mol. The summed E-state index contributed by atoms with van der Waals surface area (Å²) in [6, 6.07) is 25.3. The van der Waals surface area contributed by atoms with Crippen molar-refractivity contribution >= 4 is 75.0 Å². The van der Waals surface area contributed by atoms with Gasteiger partial charge in [0, 0.05) is 34.1 Å². The van der Waals surface area contributed by atoms with E-state index in [1.165, 1.54) is 60.7 Å². The summed E-state index contributed by atoms with van der Waals surface area (Å²) in [5.74, 6) is -1.99. The SMILES string of the molecule is O=C(Nc1cccc2cc(S(=O)(=O)O)ccc12)C1=CC=CC(NS(=O)(=O)Cc2ccccc2)(C(=O)Nc2cccc3cc(S(=O)(=O)O)ccc23)C1. The van der Waals surface area contributed by atoms with Crippen LogP contribution >= 0.6 is 0 Å². The zero-order chi connectivity index (χ0) is 36.6. The second-order valence-electron chi connectivity index (χ2n) is 11.8. The summed E-state index contributed by atoms with van der Waals surface area (Å²) in [7, 11) is -13.2. The molecular formula is C35H29N3O10S3. The Balaban J connectivity index is 1.33. The van der Waals surface area contributed by atoms with E-state index in [4.69, 9.17) is 0 Å². The first-order valence-corrected chi connectivity index (χ1v) is 19.6. The lowest BCUT2D eigenvalue weighted by atomic mass is 9.86. The number of carbonyl (C=O) groups is 2. The molecule has 5 aromatic rings. The molecule has 13 nitrogen and oxygen atoms in total. The molecule has 1 aliphatic rings. The molecule has 51 heavy (non-hydrogen) atoms. The molecule has 5 aromatic carbocycles. The molecule has 6 rings (SSSR count). The van der Waals surface area contributed by atoms with Gasteiger partial charge in [0.15, 0.2) is 0 Å². The van der Waals surface area contributed by atoms with Gasteiger partial charge >= 0.3 is 0 Å². The van der Waals surface area contributed by atoms with Crippen molar-refractivity contribution in [2.45, 2.75) is 27.5 Å². The summed E-state index contributed by atoms with van der Waals surface area (Å²) in [5.41, 5.74) is -1.05. The first-order chi connectivity index (χ1) is 24.0. The van der Waals surface area contributed by atoms with Gasteiger partial charge < -0.3 is 10.6 Å². The Bertz CT molecular complexity index is 2620. The molecule has 0 bridgehead atoms. The fourth-order valence-corrected chi connectivity index (χ4v) is 8.30. The van der Waals surface area contributed by atoms with Gasteiger partial charge in [-0.25, -0.2) is 8.42 Å². The highest BCUT2D eigenvalue weighted by Crippen LogP contribution is 2.32. The van der Waals surface area contributed by atoms with Crippen LogP contribution in [0.2, 0.25) is 0 Å². The smallest absolute Gasteiger partial charge is 0.294 e. The Kier molecular flexibility index (Phi) is 9.41. The van der Waals surface area contributed by atoms with Crippen molar-refractivity contribution in [1.29, 1.82) is 0 Å². The summed E-state index contributed by atoms with van der Waals surface area (Å²) in [6.45, 7) is 0. The molecule has 5 N–H and O–H groups in total. The first kappa shape index (κ1) is 35.6. The zero-order valence-electron chi connectivity index (χ0n) is 26.3. The van der Waals surface area contributed by atoms with Gasteiger partial charge in [-0.15, -0.1) is 0 Å². The summed E-state index contributed by atoms with van der Waals surface area (Å²) in [5, 5.41) is 7.09. The fourth-order valence-electron chi connectivity index (χ4n) is 5.78.